The Morgan fingerprint density at radius 3 is 2.25 bits per heavy atom. The van der Waals surface area contributed by atoms with Crippen molar-refractivity contribution in [2.24, 2.45) is 5.92 Å². The maximum Gasteiger partial charge on any atom is 0.160 e. The molecule has 0 aromatic carbocycles. The minimum Gasteiger partial charge on any atom is -0.394 e. The molecule has 0 saturated carbocycles. The Morgan fingerprint density at radius 1 is 1.17 bits per heavy atom. The fraction of sp³-hybridized carbons (Fsp3) is 1.00. The first-order valence-corrected chi connectivity index (χ1v) is 3.88. The molecule has 72 valence electrons. The molecule has 5 atom stereocenters. The lowest BCUT2D eigenvalue weighted by molar-refractivity contribution is -0.266. The van der Waals surface area contributed by atoms with Crippen LogP contribution in [0.25, 0.3) is 0 Å². The molecule has 0 bridgehead atoms. The van der Waals surface area contributed by atoms with E-state index in [1.165, 1.54) is 0 Å². The number of aliphatic hydroxyl groups excluding tert-OH is 4. The van der Waals surface area contributed by atoms with Crippen LogP contribution in [0.3, 0.4) is 0 Å². The van der Waals surface area contributed by atoms with Crippen LogP contribution in [0, 0.1) is 5.92 Å². The van der Waals surface area contributed by atoms with Crippen molar-refractivity contribution in [3.8, 4) is 0 Å². The average Bonchev–Trinajstić information content (AvgIpc) is 2.08. The Kier molecular flexibility index (Phi) is 3.03. The molecular weight excluding hydrogens is 164 g/mol. The molecule has 1 rings (SSSR count). The highest BCUT2D eigenvalue weighted by Gasteiger charge is 2.40. The maximum atomic E-state index is 9.32. The zero-order chi connectivity index (χ0) is 9.30. The van der Waals surface area contributed by atoms with Gasteiger partial charge in [0.05, 0.1) is 12.7 Å². The van der Waals surface area contributed by atoms with Crippen LogP contribution in [0.15, 0.2) is 0 Å². The zero-order valence-corrected chi connectivity index (χ0v) is 6.79. The van der Waals surface area contributed by atoms with E-state index in [0.29, 0.717) is 0 Å². The third-order valence-corrected chi connectivity index (χ3v) is 2.21. The minimum atomic E-state index is -1.13. The highest BCUT2D eigenvalue weighted by atomic mass is 16.6. The summed E-state index contributed by atoms with van der Waals surface area (Å²) in [6, 6.07) is 0. The number of ether oxygens (including phenoxy) is 1. The minimum absolute atomic E-state index is 0.415. The second-order valence-corrected chi connectivity index (χ2v) is 3.09. The molecule has 1 heterocycles. The van der Waals surface area contributed by atoms with Crippen molar-refractivity contribution in [1.29, 1.82) is 0 Å². The topological polar surface area (TPSA) is 90.2 Å². The van der Waals surface area contributed by atoms with Crippen molar-refractivity contribution in [1.82, 2.24) is 0 Å². The Labute approximate surface area is 70.2 Å². The van der Waals surface area contributed by atoms with E-state index >= 15 is 0 Å². The second kappa shape index (κ2) is 3.68. The molecule has 0 aromatic heterocycles. The molecule has 0 amide bonds. The third kappa shape index (κ3) is 1.60. The normalized spacial score (nSPS) is 49.2. The summed E-state index contributed by atoms with van der Waals surface area (Å²) in [6.45, 7) is 1.15. The first-order valence-electron chi connectivity index (χ1n) is 3.88. The average molecular weight is 178 g/mol. The molecule has 5 nitrogen and oxygen atoms in total. The molecular formula is C7H14O5. The van der Waals surface area contributed by atoms with Gasteiger partial charge in [0.2, 0.25) is 0 Å². The highest BCUT2D eigenvalue weighted by molar-refractivity contribution is 4.86. The SMILES string of the molecule is C[C@@H]1[C@H](O)[C@@H](O)[C@H](CO)O[C@H]1O. The first-order chi connectivity index (χ1) is 5.57. The molecule has 5 heteroatoms. The van der Waals surface area contributed by atoms with Crippen molar-refractivity contribution in [2.45, 2.75) is 31.5 Å². The number of hydrogen-bond acceptors (Lipinski definition) is 5. The van der Waals surface area contributed by atoms with Gasteiger partial charge in [-0.3, -0.25) is 0 Å². The molecule has 1 fully saturated rings. The molecule has 1 aliphatic heterocycles. The second-order valence-electron chi connectivity index (χ2n) is 3.09. The van der Waals surface area contributed by atoms with E-state index in [1.807, 2.05) is 0 Å². The molecule has 12 heavy (non-hydrogen) atoms. The predicted molar refractivity (Wildman–Crippen MR) is 39.1 cm³/mol. The van der Waals surface area contributed by atoms with E-state index in [2.05, 4.69) is 0 Å². The molecule has 4 N–H and O–H groups in total. The van der Waals surface area contributed by atoms with Crippen LogP contribution in [-0.2, 0) is 4.74 Å². The summed E-state index contributed by atoms with van der Waals surface area (Å²) in [6.07, 6.45) is -4.20. The lowest BCUT2D eigenvalue weighted by atomic mass is 9.93. The van der Waals surface area contributed by atoms with Gasteiger partial charge >= 0.3 is 0 Å². The van der Waals surface area contributed by atoms with Crippen LogP contribution in [0.4, 0.5) is 0 Å². The monoisotopic (exact) mass is 178 g/mol. The van der Waals surface area contributed by atoms with E-state index in [-0.39, 0.29) is 0 Å². The Balaban J connectivity index is 2.63. The summed E-state index contributed by atoms with van der Waals surface area (Å²) in [7, 11) is 0. The van der Waals surface area contributed by atoms with E-state index in [4.69, 9.17) is 14.9 Å². The summed E-state index contributed by atoms with van der Waals surface area (Å²) in [5.74, 6) is -0.539. The van der Waals surface area contributed by atoms with Crippen LogP contribution in [-0.4, -0.2) is 51.6 Å². The molecule has 0 aliphatic carbocycles. The van der Waals surface area contributed by atoms with E-state index < -0.39 is 37.1 Å². The van der Waals surface area contributed by atoms with E-state index in [1.54, 1.807) is 6.92 Å². The molecule has 0 spiro atoms. The van der Waals surface area contributed by atoms with Crippen molar-refractivity contribution in [3.05, 3.63) is 0 Å². The summed E-state index contributed by atoms with van der Waals surface area (Å²) < 4.78 is 4.83. The summed E-state index contributed by atoms with van der Waals surface area (Å²) in [5.41, 5.74) is 0. The van der Waals surface area contributed by atoms with Gasteiger partial charge in [-0.15, -0.1) is 0 Å². The maximum absolute atomic E-state index is 9.32. The van der Waals surface area contributed by atoms with E-state index in [0.717, 1.165) is 0 Å². The number of aliphatic hydroxyl groups is 4. The van der Waals surface area contributed by atoms with Gasteiger partial charge in [-0.05, 0) is 0 Å². The van der Waals surface area contributed by atoms with Crippen LogP contribution in [0.5, 0.6) is 0 Å². The summed E-state index contributed by atoms with van der Waals surface area (Å²) in [4.78, 5) is 0. The van der Waals surface area contributed by atoms with E-state index in [9.17, 15) is 10.2 Å². The van der Waals surface area contributed by atoms with Gasteiger partial charge in [-0.25, -0.2) is 0 Å². The summed E-state index contributed by atoms with van der Waals surface area (Å²) >= 11 is 0. The first kappa shape index (κ1) is 9.88. The van der Waals surface area contributed by atoms with Gasteiger partial charge < -0.3 is 25.2 Å². The standard InChI is InChI=1S/C7H14O5/c1-3-5(9)6(10)4(2-8)12-7(3)11/h3-11H,2H2,1H3/t3-,4+,5+,6+,7-/m1/s1. The van der Waals surface area contributed by atoms with Gasteiger partial charge in [0.1, 0.15) is 12.2 Å². The van der Waals surface area contributed by atoms with Gasteiger partial charge in [0.15, 0.2) is 6.29 Å². The Hall–Kier alpha value is -0.200. The van der Waals surface area contributed by atoms with Gasteiger partial charge in [-0.1, -0.05) is 6.92 Å². The van der Waals surface area contributed by atoms with Gasteiger partial charge in [0, 0.05) is 5.92 Å². The van der Waals surface area contributed by atoms with Crippen LogP contribution >= 0.6 is 0 Å². The van der Waals surface area contributed by atoms with Gasteiger partial charge in [0.25, 0.3) is 0 Å². The quantitative estimate of drug-likeness (QED) is 0.375. The number of rotatable bonds is 1. The largest absolute Gasteiger partial charge is 0.394 e. The smallest absolute Gasteiger partial charge is 0.160 e. The molecule has 0 aromatic rings. The Bertz CT molecular complexity index is 146. The van der Waals surface area contributed by atoms with Crippen LogP contribution < -0.4 is 0 Å². The lowest BCUT2D eigenvalue weighted by Crippen LogP contribution is -2.54. The van der Waals surface area contributed by atoms with Crippen LogP contribution in [0.2, 0.25) is 0 Å². The molecule has 0 unspecified atom stereocenters. The fourth-order valence-corrected chi connectivity index (χ4v) is 1.23. The van der Waals surface area contributed by atoms with Crippen molar-refractivity contribution >= 4 is 0 Å². The molecule has 1 saturated heterocycles. The zero-order valence-electron chi connectivity index (χ0n) is 6.79. The lowest BCUT2D eigenvalue weighted by Gasteiger charge is -2.38. The predicted octanol–water partition coefficient (Wildman–Crippen LogP) is -1.95. The molecule has 1 aliphatic rings. The molecule has 0 radical (unpaired) electrons. The summed E-state index contributed by atoms with van der Waals surface area (Å²) in [5, 5.41) is 36.4. The van der Waals surface area contributed by atoms with Crippen molar-refractivity contribution in [3.63, 3.8) is 0 Å². The Morgan fingerprint density at radius 2 is 1.75 bits per heavy atom. The highest BCUT2D eigenvalue weighted by Crippen LogP contribution is 2.23. The van der Waals surface area contributed by atoms with Gasteiger partial charge in [-0.2, -0.15) is 0 Å². The fourth-order valence-electron chi connectivity index (χ4n) is 1.23. The third-order valence-electron chi connectivity index (χ3n) is 2.21. The number of hydrogen-bond donors (Lipinski definition) is 4. The van der Waals surface area contributed by atoms with Crippen molar-refractivity contribution in [2.75, 3.05) is 6.61 Å². The van der Waals surface area contributed by atoms with Crippen LogP contribution in [0.1, 0.15) is 6.92 Å². The van der Waals surface area contributed by atoms with Crippen molar-refractivity contribution < 1.29 is 25.2 Å².